The van der Waals surface area contributed by atoms with Crippen molar-refractivity contribution in [2.45, 2.75) is 18.9 Å². The van der Waals surface area contributed by atoms with Crippen molar-refractivity contribution in [3.05, 3.63) is 32.4 Å². The van der Waals surface area contributed by atoms with Gasteiger partial charge in [0.15, 0.2) is 0 Å². The zero-order valence-electron chi connectivity index (χ0n) is 7.50. The normalized spacial score (nSPS) is 12.1. The van der Waals surface area contributed by atoms with Crippen LogP contribution in [0.25, 0.3) is 0 Å². The SMILES string of the molecule is C#CCCC(O)c1ccc(I)c(Cl)c1. The van der Waals surface area contributed by atoms with E-state index in [1.54, 1.807) is 6.07 Å². The Kier molecular flexibility index (Phi) is 4.73. The van der Waals surface area contributed by atoms with Gasteiger partial charge in [0.05, 0.1) is 11.1 Å². The molecule has 0 fully saturated rings. The maximum Gasteiger partial charge on any atom is 0.0799 e. The lowest BCUT2D eigenvalue weighted by molar-refractivity contribution is 0.169. The lowest BCUT2D eigenvalue weighted by Crippen LogP contribution is -1.97. The average Bonchev–Trinajstić information content (AvgIpc) is 2.18. The molecule has 1 nitrogen and oxygen atoms in total. The lowest BCUT2D eigenvalue weighted by Gasteiger charge is -2.09. The second-order valence-corrected chi connectivity index (χ2v) is 4.50. The Labute approximate surface area is 103 Å². The number of hydrogen-bond acceptors (Lipinski definition) is 1. The van der Waals surface area contributed by atoms with E-state index in [0.717, 1.165) is 9.13 Å². The summed E-state index contributed by atoms with van der Waals surface area (Å²) in [4.78, 5) is 0. The molecule has 74 valence electrons. The largest absolute Gasteiger partial charge is 0.388 e. The van der Waals surface area contributed by atoms with Crippen LogP contribution >= 0.6 is 34.2 Å². The summed E-state index contributed by atoms with van der Waals surface area (Å²) in [7, 11) is 0. The molecule has 1 aromatic carbocycles. The predicted molar refractivity (Wildman–Crippen MR) is 67.2 cm³/mol. The molecule has 0 radical (unpaired) electrons. The number of aliphatic hydroxyl groups excluding tert-OH is 1. The number of terminal acetylenes is 1. The molecule has 1 rings (SSSR count). The molecule has 0 amide bonds. The lowest BCUT2D eigenvalue weighted by atomic mass is 10.1. The van der Waals surface area contributed by atoms with Gasteiger partial charge in [-0.25, -0.2) is 0 Å². The highest BCUT2D eigenvalue weighted by Crippen LogP contribution is 2.25. The second-order valence-electron chi connectivity index (χ2n) is 2.93. The van der Waals surface area contributed by atoms with Crippen molar-refractivity contribution < 1.29 is 5.11 Å². The maximum atomic E-state index is 9.71. The first-order valence-electron chi connectivity index (χ1n) is 4.21. The molecular weight excluding hydrogens is 310 g/mol. The van der Waals surface area contributed by atoms with Crippen molar-refractivity contribution >= 4 is 34.2 Å². The van der Waals surface area contributed by atoms with Gasteiger partial charge in [-0.1, -0.05) is 17.7 Å². The molecule has 14 heavy (non-hydrogen) atoms. The molecule has 0 aliphatic rings. The molecule has 0 bridgehead atoms. The van der Waals surface area contributed by atoms with E-state index in [-0.39, 0.29) is 0 Å². The van der Waals surface area contributed by atoms with Crippen LogP contribution in [0.15, 0.2) is 18.2 Å². The van der Waals surface area contributed by atoms with Gasteiger partial charge in [-0.2, -0.15) is 0 Å². The molecule has 0 aliphatic carbocycles. The van der Waals surface area contributed by atoms with Gasteiger partial charge in [0.1, 0.15) is 0 Å². The van der Waals surface area contributed by atoms with E-state index in [9.17, 15) is 5.11 Å². The third kappa shape index (κ3) is 3.16. The van der Waals surface area contributed by atoms with E-state index in [4.69, 9.17) is 18.0 Å². The molecule has 3 heteroatoms. The predicted octanol–water partition coefficient (Wildman–Crippen LogP) is 3.39. The average molecular weight is 321 g/mol. The smallest absolute Gasteiger partial charge is 0.0799 e. The Morgan fingerprint density at radius 3 is 2.86 bits per heavy atom. The minimum absolute atomic E-state index is 0.513. The molecular formula is C11H10ClIO. The molecule has 1 unspecified atom stereocenters. The summed E-state index contributed by atoms with van der Waals surface area (Å²) in [5, 5.41) is 10.4. The number of hydrogen-bond donors (Lipinski definition) is 1. The molecule has 0 spiro atoms. The van der Waals surface area contributed by atoms with Gasteiger partial charge in [-0.15, -0.1) is 12.3 Å². The topological polar surface area (TPSA) is 20.2 Å². The zero-order chi connectivity index (χ0) is 10.6. The quantitative estimate of drug-likeness (QED) is 0.668. The summed E-state index contributed by atoms with van der Waals surface area (Å²) in [6, 6.07) is 5.54. The molecule has 1 aromatic rings. The van der Waals surface area contributed by atoms with E-state index in [1.165, 1.54) is 0 Å². The molecule has 1 atom stereocenters. The van der Waals surface area contributed by atoms with Crippen LogP contribution in [-0.4, -0.2) is 5.11 Å². The Hall–Kier alpha value is -0.240. The Balaban J connectivity index is 2.76. The molecule has 0 heterocycles. The van der Waals surface area contributed by atoms with Crippen molar-refractivity contribution in [3.8, 4) is 12.3 Å². The van der Waals surface area contributed by atoms with Gasteiger partial charge in [0.25, 0.3) is 0 Å². The summed E-state index contributed by atoms with van der Waals surface area (Å²) in [5.74, 6) is 2.50. The fourth-order valence-electron chi connectivity index (χ4n) is 1.11. The molecule has 0 aliphatic heterocycles. The van der Waals surface area contributed by atoms with Gasteiger partial charge in [0, 0.05) is 9.99 Å². The summed E-state index contributed by atoms with van der Waals surface area (Å²) >= 11 is 8.08. The van der Waals surface area contributed by atoms with E-state index >= 15 is 0 Å². The monoisotopic (exact) mass is 320 g/mol. The van der Waals surface area contributed by atoms with Crippen molar-refractivity contribution in [3.63, 3.8) is 0 Å². The molecule has 0 aromatic heterocycles. The van der Waals surface area contributed by atoms with Crippen molar-refractivity contribution in [1.82, 2.24) is 0 Å². The van der Waals surface area contributed by atoms with E-state index in [1.807, 2.05) is 12.1 Å². The summed E-state index contributed by atoms with van der Waals surface area (Å²) in [5.41, 5.74) is 0.825. The van der Waals surface area contributed by atoms with E-state index in [2.05, 4.69) is 28.5 Å². The first-order valence-corrected chi connectivity index (χ1v) is 5.67. The van der Waals surface area contributed by atoms with Crippen molar-refractivity contribution in [2.75, 3.05) is 0 Å². The number of benzene rings is 1. The van der Waals surface area contributed by atoms with Crippen LogP contribution < -0.4 is 0 Å². The van der Waals surface area contributed by atoms with E-state index < -0.39 is 6.10 Å². The third-order valence-electron chi connectivity index (χ3n) is 1.89. The highest BCUT2D eigenvalue weighted by molar-refractivity contribution is 14.1. The van der Waals surface area contributed by atoms with Crippen LogP contribution in [0.3, 0.4) is 0 Å². The van der Waals surface area contributed by atoms with Gasteiger partial charge < -0.3 is 5.11 Å². The minimum atomic E-state index is -0.513. The van der Waals surface area contributed by atoms with Crippen LogP contribution in [0.4, 0.5) is 0 Å². The fourth-order valence-corrected chi connectivity index (χ4v) is 1.63. The zero-order valence-corrected chi connectivity index (χ0v) is 10.4. The van der Waals surface area contributed by atoms with Gasteiger partial charge in [0.2, 0.25) is 0 Å². The summed E-state index contributed by atoms with van der Waals surface area (Å²) in [6.45, 7) is 0. The van der Waals surface area contributed by atoms with E-state index in [0.29, 0.717) is 17.9 Å². The number of halogens is 2. The Morgan fingerprint density at radius 2 is 2.29 bits per heavy atom. The van der Waals surface area contributed by atoms with Crippen LogP contribution in [-0.2, 0) is 0 Å². The fraction of sp³-hybridized carbons (Fsp3) is 0.273. The highest BCUT2D eigenvalue weighted by atomic mass is 127. The van der Waals surface area contributed by atoms with Gasteiger partial charge >= 0.3 is 0 Å². The minimum Gasteiger partial charge on any atom is -0.388 e. The van der Waals surface area contributed by atoms with Crippen LogP contribution in [0, 0.1) is 15.9 Å². The molecule has 1 N–H and O–H groups in total. The van der Waals surface area contributed by atoms with Crippen LogP contribution in [0.1, 0.15) is 24.5 Å². The Morgan fingerprint density at radius 1 is 1.57 bits per heavy atom. The van der Waals surface area contributed by atoms with Crippen LogP contribution in [0.2, 0.25) is 5.02 Å². The van der Waals surface area contributed by atoms with Gasteiger partial charge in [-0.05, 0) is 46.7 Å². The molecule has 0 saturated carbocycles. The first-order chi connectivity index (χ1) is 6.65. The number of aliphatic hydroxyl groups is 1. The summed E-state index contributed by atoms with van der Waals surface area (Å²) in [6.07, 6.45) is 5.76. The summed E-state index contributed by atoms with van der Waals surface area (Å²) < 4.78 is 0.983. The highest BCUT2D eigenvalue weighted by Gasteiger charge is 2.08. The van der Waals surface area contributed by atoms with Crippen molar-refractivity contribution in [2.24, 2.45) is 0 Å². The second kappa shape index (κ2) is 5.59. The van der Waals surface area contributed by atoms with Gasteiger partial charge in [-0.3, -0.25) is 0 Å². The standard InChI is InChI=1S/C11H10ClIO/c1-2-3-4-11(14)8-5-6-10(13)9(12)7-8/h1,5-7,11,14H,3-4H2. The maximum absolute atomic E-state index is 9.71. The number of rotatable bonds is 3. The van der Waals surface area contributed by atoms with Crippen LogP contribution in [0.5, 0.6) is 0 Å². The third-order valence-corrected chi connectivity index (χ3v) is 3.46. The van der Waals surface area contributed by atoms with Crippen molar-refractivity contribution in [1.29, 1.82) is 0 Å². The first kappa shape index (κ1) is 11.8. The Bertz CT molecular complexity index is 357. The molecule has 0 saturated heterocycles.